The average molecular weight is 292 g/mol. The molecule has 0 spiro atoms. The predicted molar refractivity (Wildman–Crippen MR) is 87.0 cm³/mol. The Bertz CT molecular complexity index is 726. The number of phenolic OH excluding ortho intramolecular Hbond substituents is 1. The van der Waals surface area contributed by atoms with Gasteiger partial charge < -0.3 is 9.84 Å². The molecule has 2 aromatic carbocycles. The maximum absolute atomic E-state index is 12.4. The molecule has 3 nitrogen and oxygen atoms in total. The molecule has 0 saturated heterocycles. The lowest BCUT2D eigenvalue weighted by molar-refractivity contribution is 0.0986. The first kappa shape index (κ1) is 15.4. The third kappa shape index (κ3) is 3.18. The lowest BCUT2D eigenvalue weighted by Gasteiger charge is -2.13. The number of phenols is 1. The number of aromatic hydroxyl groups is 1. The molecule has 0 atom stereocenters. The van der Waals surface area contributed by atoms with E-state index >= 15 is 0 Å². The molecular weight excluding hydrogens is 276 g/mol. The minimum absolute atomic E-state index is 0.0328. The lowest BCUT2D eigenvalue weighted by atomic mass is 9.97. The number of ether oxygens (including phenoxy) is 1. The molecule has 1 N–H and O–H groups in total. The molecule has 0 radical (unpaired) electrons. The van der Waals surface area contributed by atoms with Crippen LogP contribution in [0.4, 0.5) is 0 Å². The fraction of sp³-hybridized carbons (Fsp3) is 0.105. The van der Waals surface area contributed by atoms with Gasteiger partial charge in [0.2, 0.25) is 0 Å². The van der Waals surface area contributed by atoms with Gasteiger partial charge in [0.1, 0.15) is 23.7 Å². The Hall–Kier alpha value is -2.99. The van der Waals surface area contributed by atoms with Crippen molar-refractivity contribution in [3.05, 3.63) is 65.2 Å². The van der Waals surface area contributed by atoms with Crippen molar-refractivity contribution < 1.29 is 14.6 Å². The van der Waals surface area contributed by atoms with E-state index in [-0.39, 0.29) is 23.5 Å². The summed E-state index contributed by atoms with van der Waals surface area (Å²) < 4.78 is 5.56. The van der Waals surface area contributed by atoms with E-state index in [1.165, 1.54) is 6.07 Å². The normalized spacial score (nSPS) is 14.4. The maximum Gasteiger partial charge on any atom is 0.174 e. The number of hydrogen-bond acceptors (Lipinski definition) is 3. The average Bonchev–Trinajstić information content (AvgIpc) is 2.54. The molecule has 0 amide bonds. The smallest absolute Gasteiger partial charge is 0.174 e. The molecule has 0 fully saturated rings. The Balaban J connectivity index is 0.000000847. The van der Waals surface area contributed by atoms with Crippen LogP contribution in [0.15, 0.2) is 48.5 Å². The first-order chi connectivity index (χ1) is 10.8. The molecule has 110 valence electrons. The summed E-state index contributed by atoms with van der Waals surface area (Å²) in [6.45, 7) is 0.359. The van der Waals surface area contributed by atoms with Crippen LogP contribution in [0.3, 0.4) is 0 Å². The topological polar surface area (TPSA) is 46.5 Å². The zero-order valence-electron chi connectivity index (χ0n) is 12.0. The zero-order valence-corrected chi connectivity index (χ0v) is 12.0. The molecule has 1 aliphatic heterocycles. The van der Waals surface area contributed by atoms with Gasteiger partial charge in [-0.15, -0.1) is 12.8 Å². The van der Waals surface area contributed by atoms with E-state index in [4.69, 9.17) is 4.74 Å². The predicted octanol–water partition coefficient (Wildman–Crippen LogP) is 3.47. The SMILES string of the molecule is C#C.O=C1Cc2ccccc2/C=C\COc2cccc(O)c21. The minimum Gasteiger partial charge on any atom is -0.507 e. The number of carbonyl (C=O) groups is 1. The van der Waals surface area contributed by atoms with Crippen LogP contribution in [0.2, 0.25) is 0 Å². The number of fused-ring (bicyclic) bond motifs is 2. The molecule has 0 aromatic heterocycles. The first-order valence-electron chi connectivity index (χ1n) is 6.81. The van der Waals surface area contributed by atoms with Crippen LogP contribution >= 0.6 is 0 Å². The summed E-state index contributed by atoms with van der Waals surface area (Å²) in [6, 6.07) is 12.6. The fourth-order valence-corrected chi connectivity index (χ4v) is 2.35. The third-order valence-electron chi connectivity index (χ3n) is 3.32. The highest BCUT2D eigenvalue weighted by atomic mass is 16.5. The van der Waals surface area contributed by atoms with Crippen molar-refractivity contribution in [2.45, 2.75) is 6.42 Å². The summed E-state index contributed by atoms with van der Waals surface area (Å²) in [7, 11) is 0. The zero-order chi connectivity index (χ0) is 15.9. The molecule has 0 bridgehead atoms. The van der Waals surface area contributed by atoms with E-state index < -0.39 is 0 Å². The summed E-state index contributed by atoms with van der Waals surface area (Å²) in [5, 5.41) is 9.93. The summed E-state index contributed by atoms with van der Waals surface area (Å²) in [4.78, 5) is 12.4. The van der Waals surface area contributed by atoms with Crippen LogP contribution in [0.25, 0.3) is 6.08 Å². The highest BCUT2D eigenvalue weighted by Gasteiger charge is 2.19. The van der Waals surface area contributed by atoms with Crippen LogP contribution in [-0.4, -0.2) is 17.5 Å². The highest BCUT2D eigenvalue weighted by molar-refractivity contribution is 6.02. The van der Waals surface area contributed by atoms with Gasteiger partial charge in [0.25, 0.3) is 0 Å². The summed E-state index contributed by atoms with van der Waals surface area (Å²) in [6.07, 6.45) is 12.1. The minimum atomic E-state index is -0.138. The second kappa shape index (κ2) is 7.14. The number of terminal acetylenes is 1. The Labute approximate surface area is 129 Å². The van der Waals surface area contributed by atoms with Gasteiger partial charge in [-0.3, -0.25) is 4.79 Å². The third-order valence-corrected chi connectivity index (χ3v) is 3.32. The molecule has 2 aromatic rings. The second-order valence-electron chi connectivity index (χ2n) is 4.66. The number of hydrogen-bond donors (Lipinski definition) is 1. The van der Waals surface area contributed by atoms with Gasteiger partial charge in [-0.05, 0) is 29.3 Å². The largest absolute Gasteiger partial charge is 0.507 e. The molecule has 0 saturated carbocycles. The second-order valence-corrected chi connectivity index (χ2v) is 4.66. The molecule has 3 rings (SSSR count). The highest BCUT2D eigenvalue weighted by Crippen LogP contribution is 2.30. The Morgan fingerprint density at radius 3 is 2.64 bits per heavy atom. The van der Waals surface area contributed by atoms with Gasteiger partial charge in [-0.2, -0.15) is 0 Å². The number of carbonyl (C=O) groups excluding carboxylic acids is 1. The molecule has 22 heavy (non-hydrogen) atoms. The molecule has 0 aliphatic carbocycles. The van der Waals surface area contributed by atoms with Crippen molar-refractivity contribution in [3.8, 4) is 24.3 Å². The van der Waals surface area contributed by atoms with Crippen LogP contribution in [0.5, 0.6) is 11.5 Å². The van der Waals surface area contributed by atoms with E-state index in [0.29, 0.717) is 12.4 Å². The van der Waals surface area contributed by atoms with Gasteiger partial charge >= 0.3 is 0 Å². The van der Waals surface area contributed by atoms with Crippen molar-refractivity contribution in [2.75, 3.05) is 6.61 Å². The molecular formula is C19H16O3. The molecule has 1 aliphatic rings. The van der Waals surface area contributed by atoms with E-state index in [1.807, 2.05) is 36.4 Å². The fourth-order valence-electron chi connectivity index (χ4n) is 2.35. The summed E-state index contributed by atoms with van der Waals surface area (Å²) in [5.41, 5.74) is 2.21. The Kier molecular flexibility index (Phi) is 5.00. The standard InChI is InChI=1S/C17H14O3.C2H2/c18-14-8-3-9-16-17(14)15(19)11-13-6-2-1-5-12(13)7-4-10-20-16;1-2/h1-9,18H,10-11H2;1-2H/b7-4-;. The van der Waals surface area contributed by atoms with Gasteiger partial charge in [0, 0.05) is 6.42 Å². The number of ketones is 1. The monoisotopic (exact) mass is 292 g/mol. The van der Waals surface area contributed by atoms with Crippen molar-refractivity contribution in [2.24, 2.45) is 0 Å². The molecule has 1 heterocycles. The first-order valence-corrected chi connectivity index (χ1v) is 6.81. The van der Waals surface area contributed by atoms with E-state index in [1.54, 1.807) is 12.1 Å². The Morgan fingerprint density at radius 1 is 1.05 bits per heavy atom. The van der Waals surface area contributed by atoms with Crippen molar-refractivity contribution >= 4 is 11.9 Å². The quantitative estimate of drug-likeness (QED) is 0.756. The summed E-state index contributed by atoms with van der Waals surface area (Å²) >= 11 is 0. The van der Waals surface area contributed by atoms with Gasteiger partial charge in [-0.25, -0.2) is 0 Å². The van der Waals surface area contributed by atoms with Gasteiger partial charge in [0.15, 0.2) is 5.78 Å². The number of rotatable bonds is 0. The molecule has 0 unspecified atom stereocenters. The van der Waals surface area contributed by atoms with Crippen molar-refractivity contribution in [1.82, 2.24) is 0 Å². The van der Waals surface area contributed by atoms with Crippen LogP contribution in [0, 0.1) is 12.8 Å². The maximum atomic E-state index is 12.4. The molecule has 3 heteroatoms. The number of benzene rings is 2. The number of Topliss-reactive ketones (excluding diaryl/α,β-unsaturated/α-hetero) is 1. The van der Waals surface area contributed by atoms with Crippen LogP contribution < -0.4 is 4.74 Å². The van der Waals surface area contributed by atoms with Gasteiger partial charge in [-0.1, -0.05) is 36.4 Å². The summed E-state index contributed by atoms with van der Waals surface area (Å²) in [5.74, 6) is 0.259. The van der Waals surface area contributed by atoms with E-state index in [0.717, 1.165) is 11.1 Å². The Morgan fingerprint density at radius 2 is 1.82 bits per heavy atom. The van der Waals surface area contributed by atoms with Crippen LogP contribution in [0.1, 0.15) is 21.5 Å². The van der Waals surface area contributed by atoms with E-state index in [2.05, 4.69) is 12.8 Å². The van der Waals surface area contributed by atoms with Crippen LogP contribution in [-0.2, 0) is 6.42 Å². The van der Waals surface area contributed by atoms with Crippen molar-refractivity contribution in [1.29, 1.82) is 0 Å². The van der Waals surface area contributed by atoms with E-state index in [9.17, 15) is 9.90 Å². The lowest BCUT2D eigenvalue weighted by Crippen LogP contribution is -2.09. The van der Waals surface area contributed by atoms with Gasteiger partial charge in [0.05, 0.1) is 0 Å². The van der Waals surface area contributed by atoms with Crippen molar-refractivity contribution in [3.63, 3.8) is 0 Å².